The lowest BCUT2D eigenvalue weighted by atomic mass is 9.63. The van der Waals surface area contributed by atoms with E-state index in [-0.39, 0.29) is 12.4 Å². The number of nitrogens with one attached hydrogen (secondary N) is 2. The van der Waals surface area contributed by atoms with Crippen molar-refractivity contribution in [3.63, 3.8) is 0 Å². The fourth-order valence-electron chi connectivity index (χ4n) is 3.05. The second-order valence-electron chi connectivity index (χ2n) is 6.27. The second kappa shape index (κ2) is 7.41. The van der Waals surface area contributed by atoms with Gasteiger partial charge in [0.1, 0.15) is 12.4 Å². The van der Waals surface area contributed by atoms with E-state index in [0.717, 1.165) is 29.3 Å². The molecule has 136 valence electrons. The number of aromatic nitrogens is 2. The maximum absolute atomic E-state index is 12.5. The number of halogens is 1. The van der Waals surface area contributed by atoms with Gasteiger partial charge in [-0.3, -0.25) is 19.7 Å². The summed E-state index contributed by atoms with van der Waals surface area (Å²) >= 11 is 3.42. The van der Waals surface area contributed by atoms with Crippen molar-refractivity contribution in [1.29, 1.82) is 5.41 Å². The first-order chi connectivity index (χ1) is 12.4. The third-order valence-corrected chi connectivity index (χ3v) is 5.26. The van der Waals surface area contributed by atoms with Gasteiger partial charge in [-0.25, -0.2) is 0 Å². The van der Waals surface area contributed by atoms with Crippen LogP contribution in [-0.2, 0) is 21.5 Å². The Morgan fingerprint density at radius 1 is 1.35 bits per heavy atom. The first kappa shape index (κ1) is 18.3. The van der Waals surface area contributed by atoms with E-state index >= 15 is 0 Å². The molecule has 0 bridgehead atoms. The second-order valence-corrected chi connectivity index (χ2v) is 7.19. The predicted molar refractivity (Wildman–Crippen MR) is 99.1 cm³/mol. The molecule has 1 saturated carbocycles. The highest BCUT2D eigenvalue weighted by Crippen LogP contribution is 2.44. The standard InChI is InChI=1S/C18H19BrN4O3/c1-26-15(24)11-23-10-12(9-21-23)16(25)22-17(20)18(7-2-8-18)13-3-5-14(19)6-4-13/h3-6,9-10H,2,7-8,11H2,1H3,(H2,20,22,25). The number of benzene rings is 1. The molecule has 3 rings (SSSR count). The van der Waals surface area contributed by atoms with E-state index in [1.165, 1.54) is 24.2 Å². The van der Waals surface area contributed by atoms with E-state index in [2.05, 4.69) is 31.1 Å². The summed E-state index contributed by atoms with van der Waals surface area (Å²) in [6.07, 6.45) is 5.52. The van der Waals surface area contributed by atoms with Crippen molar-refractivity contribution in [2.24, 2.45) is 0 Å². The van der Waals surface area contributed by atoms with Crippen molar-refractivity contribution in [3.05, 3.63) is 52.3 Å². The average molecular weight is 419 g/mol. The van der Waals surface area contributed by atoms with Crippen molar-refractivity contribution in [1.82, 2.24) is 15.1 Å². The fourth-order valence-corrected chi connectivity index (χ4v) is 3.32. The molecule has 1 fully saturated rings. The topological polar surface area (TPSA) is 97.1 Å². The highest BCUT2D eigenvalue weighted by atomic mass is 79.9. The molecule has 0 unspecified atom stereocenters. The lowest BCUT2D eigenvalue weighted by Gasteiger charge is -2.42. The number of ether oxygens (including phenoxy) is 1. The van der Waals surface area contributed by atoms with Gasteiger partial charge < -0.3 is 10.1 Å². The quantitative estimate of drug-likeness (QED) is 0.443. The molecule has 0 spiro atoms. The van der Waals surface area contributed by atoms with Gasteiger partial charge in [-0.1, -0.05) is 34.5 Å². The van der Waals surface area contributed by atoms with Gasteiger partial charge in [-0.2, -0.15) is 5.10 Å². The van der Waals surface area contributed by atoms with E-state index in [0.29, 0.717) is 5.56 Å². The molecule has 0 atom stereocenters. The number of hydrogen-bond donors (Lipinski definition) is 2. The Balaban J connectivity index is 1.71. The minimum Gasteiger partial charge on any atom is -0.468 e. The Morgan fingerprint density at radius 2 is 2.04 bits per heavy atom. The fraction of sp³-hybridized carbons (Fsp3) is 0.333. The molecular formula is C18H19BrN4O3. The molecule has 1 amide bonds. The molecule has 1 heterocycles. The number of methoxy groups -OCH3 is 1. The van der Waals surface area contributed by atoms with Crippen LogP contribution in [0, 0.1) is 5.41 Å². The third kappa shape index (κ3) is 3.55. The Kier molecular flexibility index (Phi) is 5.22. The van der Waals surface area contributed by atoms with Crippen molar-refractivity contribution in [2.75, 3.05) is 7.11 Å². The smallest absolute Gasteiger partial charge is 0.327 e. The summed E-state index contributed by atoms with van der Waals surface area (Å²) < 4.78 is 6.88. The molecule has 2 N–H and O–H groups in total. The van der Waals surface area contributed by atoms with E-state index in [1.807, 2.05) is 24.3 Å². The Labute approximate surface area is 159 Å². The molecule has 0 radical (unpaired) electrons. The molecule has 1 aromatic carbocycles. The van der Waals surface area contributed by atoms with Crippen molar-refractivity contribution in [2.45, 2.75) is 31.2 Å². The van der Waals surface area contributed by atoms with E-state index in [1.54, 1.807) is 0 Å². The Morgan fingerprint density at radius 3 is 2.62 bits per heavy atom. The average Bonchev–Trinajstić information content (AvgIpc) is 3.04. The number of amidine groups is 1. The molecular weight excluding hydrogens is 400 g/mol. The van der Waals surface area contributed by atoms with Crippen molar-refractivity contribution < 1.29 is 14.3 Å². The summed E-state index contributed by atoms with van der Waals surface area (Å²) in [5.41, 5.74) is 0.876. The molecule has 1 aliphatic carbocycles. The van der Waals surface area contributed by atoms with E-state index in [4.69, 9.17) is 5.41 Å². The normalized spacial score (nSPS) is 15.0. The molecule has 1 aromatic heterocycles. The molecule has 8 heteroatoms. The third-order valence-electron chi connectivity index (χ3n) is 4.74. The van der Waals surface area contributed by atoms with Crippen LogP contribution in [0.2, 0.25) is 0 Å². The number of carbonyl (C=O) groups is 2. The predicted octanol–water partition coefficient (Wildman–Crippen LogP) is 2.65. The van der Waals surface area contributed by atoms with Gasteiger partial charge in [0.15, 0.2) is 0 Å². The number of rotatable bonds is 5. The number of hydrogen-bond acceptors (Lipinski definition) is 5. The molecule has 1 aliphatic rings. The molecule has 2 aromatic rings. The number of nitrogens with zero attached hydrogens (tertiary/aromatic N) is 2. The van der Waals surface area contributed by atoms with Gasteiger partial charge in [-0.05, 0) is 30.5 Å². The maximum Gasteiger partial charge on any atom is 0.327 e. The van der Waals surface area contributed by atoms with Crippen LogP contribution in [0.4, 0.5) is 0 Å². The van der Waals surface area contributed by atoms with Crippen LogP contribution in [0.15, 0.2) is 41.1 Å². The summed E-state index contributed by atoms with van der Waals surface area (Å²) in [6.45, 7) is -0.0654. The Hall–Kier alpha value is -2.48. The van der Waals surface area contributed by atoms with E-state index < -0.39 is 17.3 Å². The van der Waals surface area contributed by atoms with Crippen LogP contribution in [-0.4, -0.2) is 34.6 Å². The molecule has 0 aliphatic heterocycles. The zero-order valence-corrected chi connectivity index (χ0v) is 15.9. The van der Waals surface area contributed by atoms with Crippen LogP contribution in [0.25, 0.3) is 0 Å². The van der Waals surface area contributed by atoms with E-state index in [9.17, 15) is 9.59 Å². The SMILES string of the molecule is COC(=O)Cn1cc(C(=O)NC(=N)C2(c3ccc(Br)cc3)CCC2)cn1. The lowest BCUT2D eigenvalue weighted by molar-refractivity contribution is -0.141. The van der Waals surface area contributed by atoms with Crippen LogP contribution < -0.4 is 5.32 Å². The van der Waals surface area contributed by atoms with Crippen molar-refractivity contribution >= 4 is 33.6 Å². The highest BCUT2D eigenvalue weighted by Gasteiger charge is 2.43. The van der Waals surface area contributed by atoms with Gasteiger partial charge in [0.05, 0.1) is 24.3 Å². The maximum atomic E-state index is 12.5. The van der Waals surface area contributed by atoms with Gasteiger partial charge >= 0.3 is 5.97 Å². The van der Waals surface area contributed by atoms with Gasteiger partial charge in [0.25, 0.3) is 5.91 Å². The summed E-state index contributed by atoms with van der Waals surface area (Å²) in [5.74, 6) is -0.664. The zero-order valence-electron chi connectivity index (χ0n) is 14.3. The van der Waals surface area contributed by atoms with Crippen LogP contribution in [0.1, 0.15) is 35.2 Å². The number of amides is 1. The van der Waals surface area contributed by atoms with Gasteiger partial charge in [0.2, 0.25) is 0 Å². The number of carbonyl (C=O) groups excluding carboxylic acids is 2. The van der Waals surface area contributed by atoms with Gasteiger partial charge in [0, 0.05) is 10.7 Å². The lowest BCUT2D eigenvalue weighted by Crippen LogP contribution is -2.50. The summed E-state index contributed by atoms with van der Waals surface area (Å²) in [5, 5.41) is 15.1. The monoisotopic (exact) mass is 418 g/mol. The minimum atomic E-state index is -0.448. The molecule has 7 nitrogen and oxygen atoms in total. The molecule has 0 saturated heterocycles. The summed E-state index contributed by atoms with van der Waals surface area (Å²) in [6, 6.07) is 7.86. The van der Waals surface area contributed by atoms with Gasteiger partial charge in [-0.15, -0.1) is 0 Å². The minimum absolute atomic E-state index is 0.0654. The first-order valence-electron chi connectivity index (χ1n) is 8.20. The molecule has 26 heavy (non-hydrogen) atoms. The number of esters is 1. The zero-order chi connectivity index (χ0) is 18.7. The largest absolute Gasteiger partial charge is 0.468 e. The van der Waals surface area contributed by atoms with Crippen LogP contribution >= 0.6 is 15.9 Å². The summed E-state index contributed by atoms with van der Waals surface area (Å²) in [4.78, 5) is 23.7. The van der Waals surface area contributed by atoms with Crippen molar-refractivity contribution in [3.8, 4) is 0 Å². The van der Waals surface area contributed by atoms with Crippen LogP contribution in [0.3, 0.4) is 0 Å². The van der Waals surface area contributed by atoms with Crippen LogP contribution in [0.5, 0.6) is 0 Å². The first-order valence-corrected chi connectivity index (χ1v) is 8.99. The highest BCUT2D eigenvalue weighted by molar-refractivity contribution is 9.10. The Bertz CT molecular complexity index is 840. The summed E-state index contributed by atoms with van der Waals surface area (Å²) in [7, 11) is 1.29.